The maximum atomic E-state index is 14.5. The first-order valence-corrected chi connectivity index (χ1v) is 8.06. The summed E-state index contributed by atoms with van der Waals surface area (Å²) >= 11 is 0. The highest BCUT2D eigenvalue weighted by atomic mass is 19.1. The number of ketones is 1. The molecule has 0 aromatic heterocycles. The third-order valence-electron chi connectivity index (χ3n) is 4.87. The molecule has 0 radical (unpaired) electrons. The molecule has 1 fully saturated rings. The summed E-state index contributed by atoms with van der Waals surface area (Å²) in [5, 5.41) is 0. The maximum absolute atomic E-state index is 14.5. The van der Waals surface area contributed by atoms with E-state index in [0.29, 0.717) is 5.46 Å². The summed E-state index contributed by atoms with van der Waals surface area (Å²) in [5.41, 5.74) is -0.407. The van der Waals surface area contributed by atoms with Crippen molar-refractivity contribution in [1.29, 1.82) is 0 Å². The average Bonchev–Trinajstić information content (AvgIpc) is 2.75. The van der Waals surface area contributed by atoms with Gasteiger partial charge in [0.25, 0.3) is 0 Å². The lowest BCUT2D eigenvalue weighted by Crippen LogP contribution is -2.41. The van der Waals surface area contributed by atoms with Crippen molar-refractivity contribution in [2.75, 3.05) is 0 Å². The Hall–Kier alpha value is -2.05. The minimum Gasteiger partial charge on any atom is -0.399 e. The first-order chi connectivity index (χ1) is 11.6. The summed E-state index contributed by atoms with van der Waals surface area (Å²) in [4.78, 5) is 12.4. The topological polar surface area (TPSA) is 35.5 Å². The SMILES string of the molecule is CC1(C)OB(c2ccc(C(=O)c3ccc(F)cc3)c(F)c2)OC1(C)C. The van der Waals surface area contributed by atoms with E-state index in [0.717, 1.165) is 0 Å². The molecule has 1 heterocycles. The van der Waals surface area contributed by atoms with Gasteiger partial charge in [-0.1, -0.05) is 6.07 Å². The molecule has 0 bridgehead atoms. The number of carbonyl (C=O) groups is 1. The predicted molar refractivity (Wildman–Crippen MR) is 91.9 cm³/mol. The Kier molecular flexibility index (Phi) is 4.29. The van der Waals surface area contributed by atoms with Crippen molar-refractivity contribution in [2.24, 2.45) is 0 Å². The molecule has 0 unspecified atom stereocenters. The molecule has 130 valence electrons. The fourth-order valence-electron chi connectivity index (χ4n) is 2.60. The summed E-state index contributed by atoms with van der Waals surface area (Å²) in [7, 11) is -0.700. The maximum Gasteiger partial charge on any atom is 0.494 e. The molecule has 3 nitrogen and oxygen atoms in total. The number of benzene rings is 2. The fourth-order valence-corrected chi connectivity index (χ4v) is 2.60. The molecule has 3 rings (SSSR count). The second-order valence-corrected chi connectivity index (χ2v) is 7.16. The van der Waals surface area contributed by atoms with Crippen molar-refractivity contribution >= 4 is 18.4 Å². The smallest absolute Gasteiger partial charge is 0.399 e. The molecule has 1 aliphatic rings. The number of hydrogen-bond acceptors (Lipinski definition) is 3. The van der Waals surface area contributed by atoms with Gasteiger partial charge in [0.2, 0.25) is 0 Å². The van der Waals surface area contributed by atoms with Crippen LogP contribution in [0.2, 0.25) is 0 Å². The fraction of sp³-hybridized carbons (Fsp3) is 0.316. The van der Waals surface area contributed by atoms with Gasteiger partial charge >= 0.3 is 7.12 Å². The van der Waals surface area contributed by atoms with Gasteiger partial charge in [-0.05, 0) is 69.6 Å². The average molecular weight is 344 g/mol. The lowest BCUT2D eigenvalue weighted by molar-refractivity contribution is 0.00578. The van der Waals surface area contributed by atoms with E-state index in [-0.39, 0.29) is 11.1 Å². The lowest BCUT2D eigenvalue weighted by Gasteiger charge is -2.32. The van der Waals surface area contributed by atoms with Crippen molar-refractivity contribution in [3.63, 3.8) is 0 Å². The lowest BCUT2D eigenvalue weighted by atomic mass is 9.78. The first kappa shape index (κ1) is 17.8. The number of hydrogen-bond donors (Lipinski definition) is 0. The molecule has 0 spiro atoms. The summed E-state index contributed by atoms with van der Waals surface area (Å²) in [6.45, 7) is 7.65. The van der Waals surface area contributed by atoms with Gasteiger partial charge < -0.3 is 9.31 Å². The second-order valence-electron chi connectivity index (χ2n) is 7.16. The van der Waals surface area contributed by atoms with E-state index < -0.39 is 35.7 Å². The van der Waals surface area contributed by atoms with Crippen molar-refractivity contribution in [3.8, 4) is 0 Å². The Balaban J connectivity index is 1.87. The van der Waals surface area contributed by atoms with Crippen molar-refractivity contribution < 1.29 is 22.9 Å². The first-order valence-electron chi connectivity index (χ1n) is 8.06. The highest BCUT2D eigenvalue weighted by Crippen LogP contribution is 2.36. The van der Waals surface area contributed by atoms with Gasteiger partial charge in [-0.25, -0.2) is 8.78 Å². The van der Waals surface area contributed by atoms with Crippen LogP contribution in [0.1, 0.15) is 43.6 Å². The van der Waals surface area contributed by atoms with Gasteiger partial charge in [0.1, 0.15) is 11.6 Å². The van der Waals surface area contributed by atoms with Gasteiger partial charge in [0, 0.05) is 5.56 Å². The quantitative estimate of drug-likeness (QED) is 0.632. The number of rotatable bonds is 3. The van der Waals surface area contributed by atoms with Crippen LogP contribution in [0.4, 0.5) is 8.78 Å². The van der Waals surface area contributed by atoms with Crippen LogP contribution in [0.15, 0.2) is 42.5 Å². The molecule has 2 aromatic carbocycles. The van der Waals surface area contributed by atoms with Gasteiger partial charge in [-0.2, -0.15) is 0 Å². The van der Waals surface area contributed by atoms with Crippen LogP contribution in [0.5, 0.6) is 0 Å². The van der Waals surface area contributed by atoms with Crippen LogP contribution in [0.3, 0.4) is 0 Å². The highest BCUT2D eigenvalue weighted by Gasteiger charge is 2.51. The van der Waals surface area contributed by atoms with Crippen LogP contribution in [-0.4, -0.2) is 24.1 Å². The minimum atomic E-state index is -0.700. The van der Waals surface area contributed by atoms with E-state index in [4.69, 9.17) is 9.31 Å². The molecule has 0 amide bonds. The van der Waals surface area contributed by atoms with Crippen LogP contribution in [0.25, 0.3) is 0 Å². The summed E-state index contributed by atoms with van der Waals surface area (Å²) in [5.74, 6) is -1.62. The van der Waals surface area contributed by atoms with E-state index in [9.17, 15) is 13.6 Å². The standard InChI is InChI=1S/C19H19BF2O3/c1-18(2)19(3,4)25-20(24-18)13-7-10-15(16(22)11-13)17(23)12-5-8-14(21)9-6-12/h5-11H,1-4H3. The zero-order valence-corrected chi connectivity index (χ0v) is 14.6. The molecule has 1 saturated heterocycles. The van der Waals surface area contributed by atoms with E-state index >= 15 is 0 Å². The third-order valence-corrected chi connectivity index (χ3v) is 4.87. The van der Waals surface area contributed by atoms with E-state index in [1.54, 1.807) is 6.07 Å². The Morgan fingerprint density at radius 1 is 0.920 bits per heavy atom. The Labute approximate surface area is 146 Å². The molecule has 2 aromatic rings. The third kappa shape index (κ3) is 3.24. The Morgan fingerprint density at radius 2 is 1.48 bits per heavy atom. The van der Waals surface area contributed by atoms with Gasteiger partial charge in [-0.15, -0.1) is 0 Å². The van der Waals surface area contributed by atoms with Crippen molar-refractivity contribution in [3.05, 3.63) is 65.2 Å². The second kappa shape index (κ2) is 6.04. The summed E-state index contributed by atoms with van der Waals surface area (Å²) in [6, 6.07) is 9.27. The zero-order valence-electron chi connectivity index (χ0n) is 14.6. The monoisotopic (exact) mass is 344 g/mol. The van der Waals surface area contributed by atoms with E-state index in [1.165, 1.54) is 36.4 Å². The molecule has 0 N–H and O–H groups in total. The molecule has 0 saturated carbocycles. The number of halogens is 2. The predicted octanol–water partition coefficient (Wildman–Crippen LogP) is 3.50. The normalized spacial score (nSPS) is 18.4. The molecule has 6 heteroatoms. The van der Waals surface area contributed by atoms with E-state index in [2.05, 4.69) is 0 Å². The Morgan fingerprint density at radius 3 is 2.00 bits per heavy atom. The molecular formula is C19H19BF2O3. The zero-order chi connectivity index (χ0) is 18.4. The van der Waals surface area contributed by atoms with Gasteiger partial charge in [0.15, 0.2) is 5.78 Å². The molecule has 0 aliphatic carbocycles. The van der Waals surface area contributed by atoms with Crippen LogP contribution in [0, 0.1) is 11.6 Å². The summed E-state index contributed by atoms with van der Waals surface area (Å²) < 4.78 is 39.2. The molecule has 1 aliphatic heterocycles. The Bertz CT molecular complexity index is 800. The molecule has 25 heavy (non-hydrogen) atoms. The van der Waals surface area contributed by atoms with Crippen LogP contribution >= 0.6 is 0 Å². The minimum absolute atomic E-state index is 0.0770. The van der Waals surface area contributed by atoms with Gasteiger partial charge in [0.05, 0.1) is 16.8 Å². The molecular weight excluding hydrogens is 325 g/mol. The van der Waals surface area contributed by atoms with Crippen LogP contribution in [-0.2, 0) is 9.31 Å². The van der Waals surface area contributed by atoms with E-state index in [1.807, 2.05) is 27.7 Å². The highest BCUT2D eigenvalue weighted by molar-refractivity contribution is 6.62. The van der Waals surface area contributed by atoms with Gasteiger partial charge in [-0.3, -0.25) is 4.79 Å². The largest absolute Gasteiger partial charge is 0.494 e. The number of carbonyl (C=O) groups excluding carboxylic acids is 1. The van der Waals surface area contributed by atoms with Crippen molar-refractivity contribution in [2.45, 2.75) is 38.9 Å². The van der Waals surface area contributed by atoms with Crippen molar-refractivity contribution in [1.82, 2.24) is 0 Å². The molecule has 0 atom stereocenters. The summed E-state index contributed by atoms with van der Waals surface area (Å²) in [6.07, 6.45) is 0. The van der Waals surface area contributed by atoms with Crippen LogP contribution < -0.4 is 5.46 Å².